The lowest BCUT2D eigenvalue weighted by Crippen LogP contribution is -2.37. The highest BCUT2D eigenvalue weighted by Gasteiger charge is 2.57. The Kier molecular flexibility index (Phi) is 3.17. The van der Waals surface area contributed by atoms with E-state index in [0.29, 0.717) is 12.3 Å². The molecule has 1 aliphatic carbocycles. The van der Waals surface area contributed by atoms with Crippen LogP contribution < -0.4 is 0 Å². The molecular weight excluding hydrogens is 224 g/mol. The van der Waals surface area contributed by atoms with Gasteiger partial charge >= 0.3 is 0 Å². The van der Waals surface area contributed by atoms with Gasteiger partial charge in [0.05, 0.1) is 22.9 Å². The van der Waals surface area contributed by atoms with Crippen LogP contribution in [0.4, 0.5) is 0 Å². The molecule has 99 valence electrons. The molecule has 3 heteroatoms. The maximum atomic E-state index is 12.6. The zero-order chi connectivity index (χ0) is 13.6. The van der Waals surface area contributed by atoms with Crippen LogP contribution in [0.5, 0.6) is 0 Å². The molecule has 0 bridgehead atoms. The van der Waals surface area contributed by atoms with Crippen molar-refractivity contribution in [3.63, 3.8) is 0 Å². The maximum absolute atomic E-state index is 12.6. The molecular formula is C15H23N2O. The van der Waals surface area contributed by atoms with Crippen LogP contribution >= 0.6 is 0 Å². The molecule has 2 fully saturated rings. The summed E-state index contributed by atoms with van der Waals surface area (Å²) in [7, 11) is 1.90. The summed E-state index contributed by atoms with van der Waals surface area (Å²) in [6.45, 7) is 5.94. The number of hydrogen-bond donors (Lipinski definition) is 0. The Morgan fingerprint density at radius 3 is 2.78 bits per heavy atom. The predicted octanol–water partition coefficient (Wildman–Crippen LogP) is 3.13. The van der Waals surface area contributed by atoms with Gasteiger partial charge in [-0.1, -0.05) is 19.8 Å². The Labute approximate surface area is 110 Å². The summed E-state index contributed by atoms with van der Waals surface area (Å²) in [6.07, 6.45) is 5.21. The minimum absolute atomic E-state index is 0.215. The quantitative estimate of drug-likeness (QED) is 0.752. The van der Waals surface area contributed by atoms with Gasteiger partial charge in [0.2, 0.25) is 5.91 Å². The molecule has 1 radical (unpaired) electrons. The summed E-state index contributed by atoms with van der Waals surface area (Å²) < 4.78 is 0. The van der Waals surface area contributed by atoms with E-state index in [2.05, 4.69) is 13.0 Å². The van der Waals surface area contributed by atoms with Crippen molar-refractivity contribution in [3.05, 3.63) is 6.04 Å². The summed E-state index contributed by atoms with van der Waals surface area (Å²) in [5.41, 5.74) is -0.804. The molecule has 0 aromatic carbocycles. The van der Waals surface area contributed by atoms with Crippen molar-refractivity contribution in [2.45, 2.75) is 52.9 Å². The third-order valence-corrected chi connectivity index (χ3v) is 4.68. The van der Waals surface area contributed by atoms with Crippen LogP contribution in [0.1, 0.15) is 52.9 Å². The Balaban J connectivity index is 2.30. The zero-order valence-electron chi connectivity index (χ0n) is 11.9. The van der Waals surface area contributed by atoms with Gasteiger partial charge in [-0.25, -0.2) is 0 Å². The van der Waals surface area contributed by atoms with E-state index in [9.17, 15) is 10.1 Å². The molecule has 2 atom stereocenters. The Morgan fingerprint density at radius 1 is 1.50 bits per heavy atom. The van der Waals surface area contributed by atoms with Crippen molar-refractivity contribution in [3.8, 4) is 6.07 Å². The predicted molar refractivity (Wildman–Crippen MR) is 70.1 cm³/mol. The minimum Gasteiger partial charge on any atom is -0.337 e. The summed E-state index contributed by atoms with van der Waals surface area (Å²) in [4.78, 5) is 14.5. The molecule has 2 aliphatic rings. The molecule has 1 unspecified atom stereocenters. The number of nitriles is 1. The lowest BCUT2D eigenvalue weighted by molar-refractivity contribution is -0.136. The number of amides is 1. The van der Waals surface area contributed by atoms with Crippen LogP contribution in [0.25, 0.3) is 0 Å². The average molecular weight is 247 g/mol. The average Bonchev–Trinajstić information content (AvgIpc) is 2.52. The van der Waals surface area contributed by atoms with Crippen molar-refractivity contribution in [1.29, 1.82) is 5.26 Å². The Bertz CT molecular complexity index is 396. The second-order valence-corrected chi connectivity index (χ2v) is 6.74. The molecule has 3 nitrogen and oxygen atoms in total. The molecule has 1 amide bonds. The van der Waals surface area contributed by atoms with Gasteiger partial charge in [0.15, 0.2) is 0 Å². The molecule has 2 rings (SSSR count). The van der Waals surface area contributed by atoms with Gasteiger partial charge in [0, 0.05) is 7.05 Å². The van der Waals surface area contributed by atoms with Crippen LogP contribution in [0, 0.1) is 34.1 Å². The number of rotatable bonds is 2. The van der Waals surface area contributed by atoms with E-state index in [1.165, 1.54) is 18.9 Å². The molecule has 1 heterocycles. The van der Waals surface area contributed by atoms with E-state index >= 15 is 0 Å². The van der Waals surface area contributed by atoms with Crippen LogP contribution in [0.3, 0.4) is 0 Å². The van der Waals surface area contributed by atoms with Crippen molar-refractivity contribution in [2.75, 3.05) is 7.05 Å². The smallest absolute Gasteiger partial charge is 0.229 e. The first-order valence-corrected chi connectivity index (χ1v) is 6.87. The number of carbonyl (C=O) groups excluding carboxylic acids is 1. The van der Waals surface area contributed by atoms with Gasteiger partial charge in [0.25, 0.3) is 0 Å². The van der Waals surface area contributed by atoms with Gasteiger partial charge in [-0.2, -0.15) is 5.26 Å². The first-order chi connectivity index (χ1) is 8.32. The number of hydrogen-bond acceptors (Lipinski definition) is 2. The van der Waals surface area contributed by atoms with Crippen LogP contribution in [-0.2, 0) is 4.79 Å². The van der Waals surface area contributed by atoms with Gasteiger partial charge in [-0.05, 0) is 39.0 Å². The number of nitrogens with zero attached hydrogens (tertiary/aromatic N) is 2. The second-order valence-electron chi connectivity index (χ2n) is 6.74. The minimum atomic E-state index is -0.432. The zero-order valence-corrected chi connectivity index (χ0v) is 11.9. The largest absolute Gasteiger partial charge is 0.337 e. The molecule has 0 aromatic heterocycles. The number of fused-ring (bicyclic) bond motifs is 1. The SMILES string of the molecule is CN1[C]2CCCCC2[C@@](C)(CC(C)(C)C#N)C1=O. The fraction of sp³-hybridized carbons (Fsp3) is 0.800. The molecule has 1 saturated carbocycles. The molecule has 0 aromatic rings. The summed E-state index contributed by atoms with van der Waals surface area (Å²) in [5.74, 6) is 0.573. The molecule has 18 heavy (non-hydrogen) atoms. The van der Waals surface area contributed by atoms with Crippen LogP contribution in [0.15, 0.2) is 0 Å². The second kappa shape index (κ2) is 4.26. The summed E-state index contributed by atoms with van der Waals surface area (Å²) in [5, 5.41) is 9.24. The van der Waals surface area contributed by atoms with E-state index in [4.69, 9.17) is 0 Å². The standard InChI is InChI=1S/C15H23N2O/c1-14(2,10-16)9-15(3)11-7-5-6-8-12(11)17(4)13(15)18/h11H,5-9H2,1-4H3/t11?,15-/m1/s1. The number of carbonyl (C=O) groups is 1. The fourth-order valence-corrected chi connectivity index (χ4v) is 3.90. The van der Waals surface area contributed by atoms with E-state index in [0.717, 1.165) is 12.8 Å². The topological polar surface area (TPSA) is 44.1 Å². The van der Waals surface area contributed by atoms with Crippen LogP contribution in [0.2, 0.25) is 0 Å². The molecule has 0 N–H and O–H groups in total. The first-order valence-electron chi connectivity index (χ1n) is 6.87. The third kappa shape index (κ3) is 1.92. The van der Waals surface area contributed by atoms with Gasteiger partial charge in [0.1, 0.15) is 0 Å². The number of likely N-dealkylation sites (tertiary alicyclic amines) is 1. The van der Waals surface area contributed by atoms with Gasteiger partial charge < -0.3 is 4.90 Å². The normalized spacial score (nSPS) is 33.4. The highest BCUT2D eigenvalue weighted by molar-refractivity contribution is 5.87. The highest BCUT2D eigenvalue weighted by Crippen LogP contribution is 2.55. The molecule has 0 spiro atoms. The Hall–Kier alpha value is -1.04. The highest BCUT2D eigenvalue weighted by atomic mass is 16.2. The third-order valence-electron chi connectivity index (χ3n) is 4.68. The van der Waals surface area contributed by atoms with Gasteiger partial charge in [-0.3, -0.25) is 4.79 Å². The van der Waals surface area contributed by atoms with Crippen molar-refractivity contribution < 1.29 is 4.79 Å². The van der Waals surface area contributed by atoms with E-state index < -0.39 is 5.41 Å². The van der Waals surface area contributed by atoms with E-state index in [1.54, 1.807) is 0 Å². The molecule has 1 saturated heterocycles. The fourth-order valence-electron chi connectivity index (χ4n) is 3.90. The lowest BCUT2D eigenvalue weighted by atomic mass is 9.64. The van der Waals surface area contributed by atoms with E-state index in [1.807, 2.05) is 25.8 Å². The van der Waals surface area contributed by atoms with Gasteiger partial charge in [-0.15, -0.1) is 0 Å². The Morgan fingerprint density at radius 2 is 2.17 bits per heavy atom. The summed E-state index contributed by atoms with van der Waals surface area (Å²) in [6, 6.07) is 3.65. The maximum Gasteiger partial charge on any atom is 0.229 e. The monoisotopic (exact) mass is 247 g/mol. The van der Waals surface area contributed by atoms with Crippen molar-refractivity contribution >= 4 is 5.91 Å². The first kappa shape index (κ1) is 13.4. The van der Waals surface area contributed by atoms with Crippen molar-refractivity contribution in [1.82, 2.24) is 4.90 Å². The molecule has 1 aliphatic heterocycles. The van der Waals surface area contributed by atoms with Crippen LogP contribution in [-0.4, -0.2) is 17.9 Å². The van der Waals surface area contributed by atoms with Crippen molar-refractivity contribution in [2.24, 2.45) is 16.7 Å². The lowest BCUT2D eigenvalue weighted by Gasteiger charge is -2.36. The van der Waals surface area contributed by atoms with E-state index in [-0.39, 0.29) is 11.3 Å². The summed E-state index contributed by atoms with van der Waals surface area (Å²) >= 11 is 0.